The Balaban J connectivity index is 2.38. The molecule has 1 saturated carbocycles. The van der Waals surface area contributed by atoms with Gasteiger partial charge in [0.25, 0.3) is 0 Å². The van der Waals surface area contributed by atoms with E-state index in [1.807, 2.05) is 0 Å². The lowest BCUT2D eigenvalue weighted by atomic mass is 10.1. The van der Waals surface area contributed by atoms with E-state index in [2.05, 4.69) is 25.8 Å². The van der Waals surface area contributed by atoms with Crippen molar-refractivity contribution in [3.8, 4) is 0 Å². The van der Waals surface area contributed by atoms with Crippen molar-refractivity contribution < 1.29 is 0 Å². The molecule has 0 unspecified atom stereocenters. The molecule has 1 aliphatic carbocycles. The van der Waals surface area contributed by atoms with E-state index < -0.39 is 0 Å². The summed E-state index contributed by atoms with van der Waals surface area (Å²) in [6.45, 7) is 5.82. The van der Waals surface area contributed by atoms with Gasteiger partial charge in [0.05, 0.1) is 0 Å². The highest BCUT2D eigenvalue weighted by Crippen LogP contribution is 2.28. The summed E-state index contributed by atoms with van der Waals surface area (Å²) in [6.07, 6.45) is 4.30. The highest BCUT2D eigenvalue weighted by molar-refractivity contribution is 4.80. The molecule has 0 amide bonds. The first kappa shape index (κ1) is 8.06. The first-order valence-electron chi connectivity index (χ1n) is 4.46. The van der Waals surface area contributed by atoms with E-state index >= 15 is 0 Å². The van der Waals surface area contributed by atoms with Crippen LogP contribution in [0.4, 0.5) is 0 Å². The van der Waals surface area contributed by atoms with Gasteiger partial charge < -0.3 is 4.90 Å². The minimum atomic E-state index is 0.880. The second-order valence-corrected chi connectivity index (χ2v) is 3.55. The summed E-state index contributed by atoms with van der Waals surface area (Å²) < 4.78 is 0. The summed E-state index contributed by atoms with van der Waals surface area (Å²) in [5.41, 5.74) is 0. The quantitative estimate of drug-likeness (QED) is 0.569. The van der Waals surface area contributed by atoms with Crippen LogP contribution in [0.25, 0.3) is 0 Å². The average Bonchev–Trinajstić information content (AvgIpc) is 2.34. The third-order valence-corrected chi connectivity index (χ3v) is 2.88. The highest BCUT2D eigenvalue weighted by Gasteiger charge is 2.25. The SMILES string of the molecule is CCN(C)[C@@H]1CCC[C@H]1C. The second kappa shape index (κ2) is 3.38. The van der Waals surface area contributed by atoms with Gasteiger partial charge in [-0.15, -0.1) is 0 Å². The molecule has 1 aliphatic rings. The van der Waals surface area contributed by atoms with Crippen LogP contribution < -0.4 is 0 Å². The molecular formula is C9H19N. The van der Waals surface area contributed by atoms with Crippen LogP contribution in [0.15, 0.2) is 0 Å². The molecule has 0 aromatic rings. The Kier molecular flexibility index (Phi) is 2.72. The molecule has 0 bridgehead atoms. The maximum absolute atomic E-state index is 2.48. The van der Waals surface area contributed by atoms with E-state index in [4.69, 9.17) is 0 Å². The fraction of sp³-hybridized carbons (Fsp3) is 1.00. The van der Waals surface area contributed by atoms with Crippen molar-refractivity contribution in [1.82, 2.24) is 4.90 Å². The summed E-state index contributed by atoms with van der Waals surface area (Å²) in [7, 11) is 2.24. The number of hydrogen-bond acceptors (Lipinski definition) is 1. The first-order chi connectivity index (χ1) is 4.75. The lowest BCUT2D eigenvalue weighted by molar-refractivity contribution is 0.216. The van der Waals surface area contributed by atoms with Crippen LogP contribution in [0, 0.1) is 5.92 Å². The minimum absolute atomic E-state index is 0.880. The lowest BCUT2D eigenvalue weighted by Crippen LogP contribution is -2.33. The Morgan fingerprint density at radius 1 is 1.40 bits per heavy atom. The maximum atomic E-state index is 2.48. The van der Waals surface area contributed by atoms with Gasteiger partial charge in [-0.25, -0.2) is 0 Å². The Morgan fingerprint density at radius 3 is 2.50 bits per heavy atom. The predicted octanol–water partition coefficient (Wildman–Crippen LogP) is 2.13. The molecule has 0 aliphatic heterocycles. The zero-order valence-corrected chi connectivity index (χ0v) is 7.43. The van der Waals surface area contributed by atoms with E-state index in [1.54, 1.807) is 0 Å². The molecule has 0 heterocycles. The van der Waals surface area contributed by atoms with Gasteiger partial charge in [-0.3, -0.25) is 0 Å². The van der Waals surface area contributed by atoms with Crippen LogP contribution in [0.2, 0.25) is 0 Å². The number of hydrogen-bond donors (Lipinski definition) is 0. The van der Waals surface area contributed by atoms with Crippen molar-refractivity contribution in [1.29, 1.82) is 0 Å². The summed E-state index contributed by atoms with van der Waals surface area (Å²) in [5, 5.41) is 0. The minimum Gasteiger partial charge on any atom is -0.303 e. The van der Waals surface area contributed by atoms with Crippen LogP contribution in [0.3, 0.4) is 0 Å². The van der Waals surface area contributed by atoms with Crippen LogP contribution in [0.5, 0.6) is 0 Å². The Morgan fingerprint density at radius 2 is 2.10 bits per heavy atom. The molecule has 1 rings (SSSR count). The average molecular weight is 141 g/mol. The van der Waals surface area contributed by atoms with Gasteiger partial charge in [-0.1, -0.05) is 20.3 Å². The zero-order valence-electron chi connectivity index (χ0n) is 7.43. The molecule has 2 atom stereocenters. The lowest BCUT2D eigenvalue weighted by Gasteiger charge is -2.26. The second-order valence-electron chi connectivity index (χ2n) is 3.55. The van der Waals surface area contributed by atoms with Gasteiger partial charge >= 0.3 is 0 Å². The third-order valence-electron chi connectivity index (χ3n) is 2.88. The van der Waals surface area contributed by atoms with Crippen molar-refractivity contribution in [2.75, 3.05) is 13.6 Å². The monoisotopic (exact) mass is 141 g/mol. The molecule has 0 spiro atoms. The molecule has 0 aromatic carbocycles. The Hall–Kier alpha value is -0.0400. The molecule has 1 heteroatoms. The topological polar surface area (TPSA) is 3.24 Å². The standard InChI is InChI=1S/C9H19N/c1-4-10(3)9-7-5-6-8(9)2/h8-9H,4-7H2,1-3H3/t8-,9-/m1/s1. The van der Waals surface area contributed by atoms with E-state index in [0.717, 1.165) is 12.0 Å². The summed E-state index contributed by atoms with van der Waals surface area (Å²) in [4.78, 5) is 2.48. The van der Waals surface area contributed by atoms with Gasteiger partial charge in [-0.05, 0) is 32.4 Å². The molecule has 1 fully saturated rings. The smallest absolute Gasteiger partial charge is 0.0118 e. The third kappa shape index (κ3) is 1.51. The van der Waals surface area contributed by atoms with Crippen LogP contribution in [-0.2, 0) is 0 Å². The van der Waals surface area contributed by atoms with Crippen molar-refractivity contribution in [2.24, 2.45) is 5.92 Å². The normalized spacial score (nSPS) is 33.6. The van der Waals surface area contributed by atoms with Crippen molar-refractivity contribution >= 4 is 0 Å². The van der Waals surface area contributed by atoms with Crippen molar-refractivity contribution in [3.05, 3.63) is 0 Å². The number of rotatable bonds is 2. The Labute approximate surface area is 64.4 Å². The van der Waals surface area contributed by atoms with Gasteiger partial charge in [0.1, 0.15) is 0 Å². The Bertz CT molecular complexity index is 101. The summed E-state index contributed by atoms with van der Waals surface area (Å²) in [5.74, 6) is 0.935. The maximum Gasteiger partial charge on any atom is 0.0118 e. The largest absolute Gasteiger partial charge is 0.303 e. The van der Waals surface area contributed by atoms with Crippen LogP contribution in [0.1, 0.15) is 33.1 Å². The molecule has 1 nitrogen and oxygen atoms in total. The summed E-state index contributed by atoms with van der Waals surface area (Å²) in [6, 6.07) is 0.880. The molecule has 0 N–H and O–H groups in total. The molecule has 0 saturated heterocycles. The fourth-order valence-corrected chi connectivity index (χ4v) is 2.02. The molecule has 60 valence electrons. The van der Waals surface area contributed by atoms with Gasteiger partial charge in [0, 0.05) is 6.04 Å². The first-order valence-corrected chi connectivity index (χ1v) is 4.46. The number of nitrogens with zero attached hydrogens (tertiary/aromatic N) is 1. The predicted molar refractivity (Wildman–Crippen MR) is 45.1 cm³/mol. The van der Waals surface area contributed by atoms with Gasteiger partial charge in [0.15, 0.2) is 0 Å². The van der Waals surface area contributed by atoms with Crippen molar-refractivity contribution in [3.63, 3.8) is 0 Å². The van der Waals surface area contributed by atoms with E-state index in [-0.39, 0.29) is 0 Å². The summed E-state index contributed by atoms with van der Waals surface area (Å²) >= 11 is 0. The fourth-order valence-electron chi connectivity index (χ4n) is 2.02. The van der Waals surface area contributed by atoms with Crippen molar-refractivity contribution in [2.45, 2.75) is 39.2 Å². The highest BCUT2D eigenvalue weighted by atomic mass is 15.1. The van der Waals surface area contributed by atoms with Gasteiger partial charge in [-0.2, -0.15) is 0 Å². The zero-order chi connectivity index (χ0) is 7.56. The van der Waals surface area contributed by atoms with E-state index in [9.17, 15) is 0 Å². The van der Waals surface area contributed by atoms with E-state index in [1.165, 1.54) is 25.8 Å². The van der Waals surface area contributed by atoms with Crippen LogP contribution in [-0.4, -0.2) is 24.5 Å². The molecule has 10 heavy (non-hydrogen) atoms. The van der Waals surface area contributed by atoms with E-state index in [0.29, 0.717) is 0 Å². The molecule has 0 aromatic heterocycles. The van der Waals surface area contributed by atoms with Gasteiger partial charge in [0.2, 0.25) is 0 Å². The van der Waals surface area contributed by atoms with Crippen LogP contribution >= 0.6 is 0 Å². The molecule has 0 radical (unpaired) electrons. The molecular weight excluding hydrogens is 122 g/mol.